The van der Waals surface area contributed by atoms with E-state index in [0.717, 1.165) is 12.1 Å². The van der Waals surface area contributed by atoms with Gasteiger partial charge in [0.2, 0.25) is 0 Å². The minimum Gasteiger partial charge on any atom is -0.429 e. The van der Waals surface area contributed by atoms with Gasteiger partial charge in [0, 0.05) is 0 Å². The average Bonchev–Trinajstić information content (AvgIpc) is 2.04. The Morgan fingerprint density at radius 1 is 1.21 bits per heavy atom. The molecule has 1 rings (SSSR count). The molecule has 14 heavy (non-hydrogen) atoms. The van der Waals surface area contributed by atoms with Crippen molar-refractivity contribution in [2.75, 3.05) is 0 Å². The Balaban J connectivity index is 0.000000500. The molecule has 0 saturated heterocycles. The Kier molecular flexibility index (Phi) is 5.26. The highest BCUT2D eigenvalue weighted by atomic mass is 19.4. The Hall–Kier alpha value is -1.01. The molecule has 0 bridgehead atoms. The molecular formula is C8H9BF3O2. The first kappa shape index (κ1) is 13.0. The van der Waals surface area contributed by atoms with Crippen LogP contribution in [0, 0.1) is 6.92 Å². The highest BCUT2D eigenvalue weighted by molar-refractivity contribution is 6.13. The molecule has 1 aromatic carbocycles. The third-order valence-electron chi connectivity index (χ3n) is 1.35. The fourth-order valence-corrected chi connectivity index (χ4v) is 0.821. The Morgan fingerprint density at radius 2 is 1.71 bits per heavy atom. The summed E-state index contributed by atoms with van der Waals surface area (Å²) in [6.07, 6.45) is -4.22. The first-order valence-electron chi connectivity index (χ1n) is 3.65. The lowest BCUT2D eigenvalue weighted by Gasteiger charge is -2.05. The van der Waals surface area contributed by atoms with Gasteiger partial charge in [0.05, 0.1) is 5.56 Å². The number of hydrogen-bond acceptors (Lipinski definition) is 2. The van der Waals surface area contributed by atoms with Crippen molar-refractivity contribution in [2.45, 2.75) is 13.1 Å². The maximum absolute atomic E-state index is 12.0. The molecule has 0 aliphatic heterocycles. The minimum atomic E-state index is -4.22. The van der Waals surface area contributed by atoms with Crippen molar-refractivity contribution in [1.82, 2.24) is 0 Å². The van der Waals surface area contributed by atoms with Crippen LogP contribution >= 0.6 is 0 Å². The second-order valence-corrected chi connectivity index (χ2v) is 2.48. The van der Waals surface area contributed by atoms with E-state index in [1.54, 1.807) is 13.0 Å². The van der Waals surface area contributed by atoms with E-state index in [9.17, 15) is 13.2 Å². The number of benzene rings is 1. The summed E-state index contributed by atoms with van der Waals surface area (Å²) in [5.41, 5.74) is 0.0392. The lowest BCUT2D eigenvalue weighted by Crippen LogP contribution is -2.04. The summed E-state index contributed by atoms with van der Waals surface area (Å²) >= 11 is 0. The van der Waals surface area contributed by atoms with Gasteiger partial charge in [0.15, 0.2) is 0 Å². The summed E-state index contributed by atoms with van der Waals surface area (Å²) < 4.78 is 35.9. The van der Waals surface area contributed by atoms with Gasteiger partial charge in [0.25, 0.3) is 0 Å². The van der Waals surface area contributed by atoms with Crippen LogP contribution in [0.3, 0.4) is 0 Å². The van der Waals surface area contributed by atoms with E-state index in [1.807, 2.05) is 0 Å². The number of aryl methyl sites for hydroxylation is 1. The van der Waals surface area contributed by atoms with Gasteiger partial charge in [-0.2, -0.15) is 13.2 Å². The smallest absolute Gasteiger partial charge is 0.429 e. The van der Waals surface area contributed by atoms with Gasteiger partial charge < -0.3 is 10.0 Å². The largest absolute Gasteiger partial charge is 0.482 e. The van der Waals surface area contributed by atoms with E-state index >= 15 is 0 Å². The van der Waals surface area contributed by atoms with Gasteiger partial charge in [0.1, 0.15) is 0 Å². The van der Waals surface area contributed by atoms with Crippen molar-refractivity contribution < 1.29 is 23.2 Å². The van der Waals surface area contributed by atoms with Gasteiger partial charge in [-0.3, -0.25) is 0 Å². The number of hydrogen-bond donors (Lipinski definition) is 2. The van der Waals surface area contributed by atoms with Gasteiger partial charge in [-0.25, -0.2) is 0 Å². The monoisotopic (exact) mass is 205 g/mol. The van der Waals surface area contributed by atoms with Crippen molar-refractivity contribution in [2.24, 2.45) is 0 Å². The van der Waals surface area contributed by atoms with E-state index in [-0.39, 0.29) is 7.69 Å². The first-order valence-corrected chi connectivity index (χ1v) is 3.65. The molecule has 0 aromatic heterocycles. The van der Waals surface area contributed by atoms with Gasteiger partial charge in [-0.15, -0.1) is 0 Å². The summed E-state index contributed by atoms with van der Waals surface area (Å²) in [5.74, 6) is 0. The zero-order valence-corrected chi connectivity index (χ0v) is 7.42. The van der Waals surface area contributed by atoms with Crippen LogP contribution in [0.1, 0.15) is 11.1 Å². The van der Waals surface area contributed by atoms with Crippen LogP contribution in [-0.4, -0.2) is 17.7 Å². The van der Waals surface area contributed by atoms with E-state index in [2.05, 4.69) is 0 Å². The van der Waals surface area contributed by atoms with Gasteiger partial charge in [-0.1, -0.05) is 23.8 Å². The van der Waals surface area contributed by atoms with Crippen molar-refractivity contribution >= 4 is 7.69 Å². The van der Waals surface area contributed by atoms with Crippen LogP contribution in [0.4, 0.5) is 13.2 Å². The molecule has 6 heteroatoms. The van der Waals surface area contributed by atoms with Gasteiger partial charge in [-0.05, 0) is 13.0 Å². The number of alkyl halides is 3. The Bertz CT molecular complexity index is 276. The van der Waals surface area contributed by atoms with E-state index in [4.69, 9.17) is 10.0 Å². The summed E-state index contributed by atoms with van der Waals surface area (Å²) in [6, 6.07) is 5.22. The number of rotatable bonds is 0. The molecule has 0 atom stereocenters. The van der Waals surface area contributed by atoms with E-state index in [0.29, 0.717) is 5.56 Å². The molecular weight excluding hydrogens is 196 g/mol. The van der Waals surface area contributed by atoms with Crippen molar-refractivity contribution in [3.8, 4) is 0 Å². The maximum Gasteiger partial charge on any atom is 0.482 e. The molecule has 1 aromatic rings. The molecule has 0 heterocycles. The Morgan fingerprint density at radius 3 is 2.00 bits per heavy atom. The molecule has 77 valence electrons. The van der Waals surface area contributed by atoms with E-state index in [1.165, 1.54) is 6.07 Å². The predicted molar refractivity (Wildman–Crippen MR) is 46.4 cm³/mol. The highest BCUT2D eigenvalue weighted by Gasteiger charge is 2.29. The van der Waals surface area contributed by atoms with E-state index < -0.39 is 11.7 Å². The fraction of sp³-hybridized carbons (Fsp3) is 0.250. The molecule has 0 aliphatic rings. The van der Waals surface area contributed by atoms with Crippen LogP contribution in [-0.2, 0) is 6.18 Å². The fourth-order valence-electron chi connectivity index (χ4n) is 0.821. The van der Waals surface area contributed by atoms with Crippen LogP contribution < -0.4 is 0 Å². The minimum absolute atomic E-state index is 0. The zero-order valence-electron chi connectivity index (χ0n) is 7.42. The van der Waals surface area contributed by atoms with Crippen LogP contribution in [0.2, 0.25) is 0 Å². The maximum atomic E-state index is 12.0. The zero-order chi connectivity index (χ0) is 11.2. The Labute approximate surface area is 80.3 Å². The third-order valence-corrected chi connectivity index (χ3v) is 1.35. The summed E-state index contributed by atoms with van der Waals surface area (Å²) in [6.45, 7) is 1.63. The first-order chi connectivity index (χ1) is 6.41. The second-order valence-electron chi connectivity index (χ2n) is 2.48. The predicted octanol–water partition coefficient (Wildman–Crippen LogP) is 1.52. The standard InChI is InChI=1S/C8H7F3.BH2O2/c1-6-3-2-4-7(5-6)8(9,10)11;2-1-3/h2-5H,1H3;2-3H. The van der Waals surface area contributed by atoms with Crippen LogP contribution in [0.25, 0.3) is 0 Å². The van der Waals surface area contributed by atoms with Crippen LogP contribution in [0.15, 0.2) is 24.3 Å². The molecule has 1 radical (unpaired) electrons. The molecule has 2 nitrogen and oxygen atoms in total. The second kappa shape index (κ2) is 5.67. The molecule has 2 N–H and O–H groups in total. The average molecular weight is 205 g/mol. The highest BCUT2D eigenvalue weighted by Crippen LogP contribution is 2.29. The molecule has 0 amide bonds. The summed E-state index contributed by atoms with van der Waals surface area (Å²) in [5, 5.41) is 14.0. The number of halogens is 3. The summed E-state index contributed by atoms with van der Waals surface area (Å²) in [7, 11) is 0. The molecule has 0 saturated carbocycles. The molecule has 0 fully saturated rings. The topological polar surface area (TPSA) is 40.5 Å². The molecule has 0 aliphatic carbocycles. The lowest BCUT2D eigenvalue weighted by atomic mass is 10.1. The molecule has 0 unspecified atom stereocenters. The van der Waals surface area contributed by atoms with Gasteiger partial charge >= 0.3 is 13.9 Å². The van der Waals surface area contributed by atoms with Crippen LogP contribution in [0.5, 0.6) is 0 Å². The lowest BCUT2D eigenvalue weighted by molar-refractivity contribution is -0.137. The van der Waals surface area contributed by atoms with Crippen molar-refractivity contribution in [3.63, 3.8) is 0 Å². The van der Waals surface area contributed by atoms with Crippen molar-refractivity contribution in [3.05, 3.63) is 35.4 Å². The molecule has 0 spiro atoms. The summed E-state index contributed by atoms with van der Waals surface area (Å²) in [4.78, 5) is 0. The quantitative estimate of drug-likeness (QED) is 0.630. The SMILES string of the molecule is Cc1cccc(C(F)(F)F)c1.O[B]O. The van der Waals surface area contributed by atoms with Crippen molar-refractivity contribution in [1.29, 1.82) is 0 Å². The normalized spacial score (nSPS) is 10.1. The third kappa shape index (κ3) is 4.88.